The highest BCUT2D eigenvalue weighted by Gasteiger charge is 2.19. The Morgan fingerprint density at radius 1 is 0.333 bits per heavy atom. The molecule has 0 N–H and O–H groups in total. The van der Waals surface area contributed by atoms with Crippen LogP contribution in [0, 0.1) is 0 Å². The van der Waals surface area contributed by atoms with Crippen LogP contribution in [0.4, 0.5) is 0 Å². The van der Waals surface area contributed by atoms with Gasteiger partial charge >= 0.3 is 17.9 Å². The van der Waals surface area contributed by atoms with Crippen LogP contribution < -0.4 is 0 Å². The smallest absolute Gasteiger partial charge is 0.306 e. The molecule has 0 aliphatic rings. The van der Waals surface area contributed by atoms with Crippen molar-refractivity contribution in [3.8, 4) is 0 Å². The molecule has 0 aromatic carbocycles. The Kier molecular flexibility index (Phi) is 48.0. The molecule has 6 heteroatoms. The fourth-order valence-corrected chi connectivity index (χ4v) is 6.94. The van der Waals surface area contributed by atoms with Crippen molar-refractivity contribution in [3.63, 3.8) is 0 Å². The molecule has 63 heavy (non-hydrogen) atoms. The highest BCUT2D eigenvalue weighted by atomic mass is 16.6. The summed E-state index contributed by atoms with van der Waals surface area (Å²) < 4.78 is 16.7. The first-order valence-electron chi connectivity index (χ1n) is 25.8. The second-order valence-electron chi connectivity index (χ2n) is 16.9. The van der Waals surface area contributed by atoms with Gasteiger partial charge in [0, 0.05) is 19.3 Å². The molecular weight excluding hydrogens is 781 g/mol. The lowest BCUT2D eigenvalue weighted by Gasteiger charge is -2.18. The van der Waals surface area contributed by atoms with Crippen LogP contribution >= 0.6 is 0 Å². The van der Waals surface area contributed by atoms with Crippen LogP contribution in [0.3, 0.4) is 0 Å². The quantitative estimate of drug-likeness (QED) is 0.0262. The molecule has 0 fully saturated rings. The van der Waals surface area contributed by atoms with Gasteiger partial charge in [0.2, 0.25) is 0 Å². The van der Waals surface area contributed by atoms with Crippen molar-refractivity contribution in [1.82, 2.24) is 0 Å². The van der Waals surface area contributed by atoms with E-state index in [0.717, 1.165) is 77.0 Å². The number of unbranched alkanes of at least 4 members (excludes halogenated alkanes) is 24. The van der Waals surface area contributed by atoms with Crippen LogP contribution in [-0.4, -0.2) is 37.2 Å². The maximum atomic E-state index is 12.7. The predicted octanol–water partition coefficient (Wildman–Crippen LogP) is 17.0. The molecular formula is C57H94O6. The van der Waals surface area contributed by atoms with Gasteiger partial charge in [0.1, 0.15) is 13.2 Å². The molecule has 0 aliphatic heterocycles. The molecule has 0 rings (SSSR count). The summed E-state index contributed by atoms with van der Waals surface area (Å²) in [6, 6.07) is 0. The zero-order valence-electron chi connectivity index (χ0n) is 40.8. The SMILES string of the molecule is CC\C=C/C=C\C=C/C=C\C=C/CCCC(=O)OC(COC(=O)CCCCCCC\C=C/C=C\C=C/CC)COC(=O)CCCCCCCCCCCCCCCCCCCCC. The van der Waals surface area contributed by atoms with E-state index in [4.69, 9.17) is 14.2 Å². The molecule has 0 saturated carbocycles. The Bertz CT molecular complexity index is 1280. The number of carbonyl (C=O) groups excluding carboxylic acids is 3. The van der Waals surface area contributed by atoms with Crippen LogP contribution in [0.2, 0.25) is 0 Å². The third-order valence-electron chi connectivity index (χ3n) is 10.8. The number of esters is 3. The monoisotopic (exact) mass is 875 g/mol. The van der Waals surface area contributed by atoms with E-state index in [1.807, 2.05) is 54.7 Å². The van der Waals surface area contributed by atoms with Crippen LogP contribution in [0.25, 0.3) is 0 Å². The maximum Gasteiger partial charge on any atom is 0.306 e. The molecule has 0 bridgehead atoms. The largest absolute Gasteiger partial charge is 0.462 e. The summed E-state index contributed by atoms with van der Waals surface area (Å²) in [6.07, 6.45) is 66.9. The number of hydrogen-bond acceptors (Lipinski definition) is 6. The third kappa shape index (κ3) is 49.2. The number of ether oxygens (including phenoxy) is 3. The molecule has 1 atom stereocenters. The maximum absolute atomic E-state index is 12.7. The van der Waals surface area contributed by atoms with Gasteiger partial charge in [0.25, 0.3) is 0 Å². The van der Waals surface area contributed by atoms with Gasteiger partial charge in [-0.15, -0.1) is 0 Å². The average molecular weight is 875 g/mol. The molecule has 0 aromatic heterocycles. The summed E-state index contributed by atoms with van der Waals surface area (Å²) in [7, 11) is 0. The van der Waals surface area contributed by atoms with Crippen molar-refractivity contribution >= 4 is 17.9 Å². The Morgan fingerprint density at radius 2 is 0.635 bits per heavy atom. The van der Waals surface area contributed by atoms with E-state index in [-0.39, 0.29) is 37.5 Å². The summed E-state index contributed by atoms with van der Waals surface area (Å²) in [4.78, 5) is 37.9. The lowest BCUT2D eigenvalue weighted by atomic mass is 10.0. The topological polar surface area (TPSA) is 78.9 Å². The standard InChI is InChI=1S/C57H94O6/c1-4-7-10-13-16-19-22-25-26-27-28-29-30-33-35-38-41-44-47-50-56(59)62-53-54(63-57(60)51-48-45-42-39-36-32-24-21-18-15-12-9-6-3)52-61-55(58)49-46-43-40-37-34-31-23-20-17-14-11-8-5-2/h8-9,11-12,14-15,17-18,20-21,23-24,32,36,39,42,54H,4-7,10,13,16,19,22,25-31,33-35,37-38,40-41,43-53H2,1-3H3/b11-8-,12-9-,17-14-,18-15-,23-20-,24-21-,36-32-,42-39-. The first-order chi connectivity index (χ1) is 31.0. The van der Waals surface area contributed by atoms with Crippen LogP contribution in [0.15, 0.2) is 97.2 Å². The molecule has 0 aliphatic carbocycles. The van der Waals surface area contributed by atoms with Crippen LogP contribution in [-0.2, 0) is 28.6 Å². The summed E-state index contributed by atoms with van der Waals surface area (Å²) in [5.74, 6) is -1.01. The van der Waals surface area contributed by atoms with Crippen molar-refractivity contribution in [2.75, 3.05) is 13.2 Å². The fraction of sp³-hybridized carbons (Fsp3) is 0.667. The Hall–Kier alpha value is -3.67. The van der Waals surface area contributed by atoms with Crippen molar-refractivity contribution in [3.05, 3.63) is 97.2 Å². The molecule has 0 saturated heterocycles. The van der Waals surface area contributed by atoms with E-state index in [1.165, 1.54) is 103 Å². The molecule has 0 heterocycles. The summed E-state index contributed by atoms with van der Waals surface area (Å²) >= 11 is 0. The van der Waals surface area contributed by atoms with E-state index < -0.39 is 6.10 Å². The van der Waals surface area contributed by atoms with E-state index in [9.17, 15) is 14.4 Å². The summed E-state index contributed by atoms with van der Waals surface area (Å²) in [6.45, 7) is 6.28. The summed E-state index contributed by atoms with van der Waals surface area (Å²) in [5, 5.41) is 0. The Labute approximate surface area is 387 Å². The second-order valence-corrected chi connectivity index (χ2v) is 16.9. The molecule has 358 valence electrons. The van der Waals surface area contributed by atoms with Gasteiger partial charge in [-0.1, -0.05) is 253 Å². The van der Waals surface area contributed by atoms with Gasteiger partial charge < -0.3 is 14.2 Å². The van der Waals surface area contributed by atoms with E-state index in [0.29, 0.717) is 19.3 Å². The lowest BCUT2D eigenvalue weighted by molar-refractivity contribution is -0.167. The van der Waals surface area contributed by atoms with Crippen molar-refractivity contribution in [2.45, 2.75) is 232 Å². The predicted molar refractivity (Wildman–Crippen MR) is 270 cm³/mol. The first kappa shape index (κ1) is 59.3. The van der Waals surface area contributed by atoms with Gasteiger partial charge in [-0.25, -0.2) is 0 Å². The van der Waals surface area contributed by atoms with E-state index in [2.05, 4.69) is 63.3 Å². The highest BCUT2D eigenvalue weighted by Crippen LogP contribution is 2.16. The number of hydrogen-bond donors (Lipinski definition) is 0. The highest BCUT2D eigenvalue weighted by molar-refractivity contribution is 5.71. The lowest BCUT2D eigenvalue weighted by Crippen LogP contribution is -2.30. The zero-order chi connectivity index (χ0) is 45.8. The molecule has 1 unspecified atom stereocenters. The van der Waals surface area contributed by atoms with Crippen molar-refractivity contribution in [1.29, 1.82) is 0 Å². The van der Waals surface area contributed by atoms with Gasteiger partial charge in [0.05, 0.1) is 0 Å². The fourth-order valence-electron chi connectivity index (χ4n) is 6.94. The average Bonchev–Trinajstić information content (AvgIpc) is 3.28. The molecule has 0 spiro atoms. The van der Waals surface area contributed by atoms with Crippen LogP contribution in [0.5, 0.6) is 0 Å². The summed E-state index contributed by atoms with van der Waals surface area (Å²) in [5.41, 5.74) is 0. The Morgan fingerprint density at radius 3 is 1.02 bits per heavy atom. The molecule has 0 aromatic rings. The van der Waals surface area contributed by atoms with E-state index >= 15 is 0 Å². The van der Waals surface area contributed by atoms with Gasteiger partial charge in [-0.3, -0.25) is 14.4 Å². The number of carbonyl (C=O) groups is 3. The van der Waals surface area contributed by atoms with Crippen LogP contribution in [0.1, 0.15) is 226 Å². The molecule has 0 amide bonds. The Balaban J connectivity index is 4.43. The number of allylic oxidation sites excluding steroid dienone is 16. The van der Waals surface area contributed by atoms with Crippen molar-refractivity contribution in [2.24, 2.45) is 0 Å². The van der Waals surface area contributed by atoms with Gasteiger partial charge in [-0.05, 0) is 51.4 Å². The van der Waals surface area contributed by atoms with Crippen molar-refractivity contribution < 1.29 is 28.6 Å². The normalized spacial score (nSPS) is 12.9. The molecule has 6 nitrogen and oxygen atoms in total. The van der Waals surface area contributed by atoms with Gasteiger partial charge in [0.15, 0.2) is 6.10 Å². The minimum absolute atomic E-state index is 0.112. The zero-order valence-corrected chi connectivity index (χ0v) is 40.8. The van der Waals surface area contributed by atoms with E-state index in [1.54, 1.807) is 0 Å². The minimum Gasteiger partial charge on any atom is -0.462 e. The third-order valence-corrected chi connectivity index (χ3v) is 10.8. The minimum atomic E-state index is -0.821. The van der Waals surface area contributed by atoms with Gasteiger partial charge in [-0.2, -0.15) is 0 Å². The second kappa shape index (κ2) is 51.0. The first-order valence-corrected chi connectivity index (χ1v) is 25.8. The molecule has 0 radical (unpaired) electrons. The number of rotatable bonds is 45.